The number of methoxy groups -OCH3 is 1. The Balaban J connectivity index is 1.36. The molecule has 2 aromatic carbocycles. The summed E-state index contributed by atoms with van der Waals surface area (Å²) >= 11 is 0. The first-order chi connectivity index (χ1) is 17.4. The van der Waals surface area contributed by atoms with Gasteiger partial charge in [0.15, 0.2) is 0 Å². The van der Waals surface area contributed by atoms with Gasteiger partial charge in [-0.1, -0.05) is 24.3 Å². The number of ether oxygens (including phenoxy) is 2. The highest BCUT2D eigenvalue weighted by Crippen LogP contribution is 2.17. The monoisotopic (exact) mass is 497 g/mol. The summed E-state index contributed by atoms with van der Waals surface area (Å²) in [7, 11) is 1.69. The second kappa shape index (κ2) is 12.0. The molecule has 0 N–H and O–H groups in total. The van der Waals surface area contributed by atoms with E-state index in [1.54, 1.807) is 7.11 Å². The number of benzene rings is 2. The van der Waals surface area contributed by atoms with E-state index in [4.69, 9.17) is 9.47 Å². The Morgan fingerprint density at radius 2 is 1.89 bits per heavy atom. The van der Waals surface area contributed by atoms with Gasteiger partial charge in [0.25, 0.3) is 0 Å². The molecule has 0 amide bonds. The normalized spacial score (nSPS) is 15.8. The van der Waals surface area contributed by atoms with Crippen LogP contribution in [0.3, 0.4) is 0 Å². The zero-order valence-electron chi connectivity index (χ0n) is 20.2. The van der Waals surface area contributed by atoms with Crippen LogP contribution in [-0.4, -0.2) is 60.6 Å². The van der Waals surface area contributed by atoms with Gasteiger partial charge >= 0.3 is 5.97 Å². The maximum atomic E-state index is 13.6. The Morgan fingerprint density at radius 3 is 2.67 bits per heavy atom. The predicted octanol–water partition coefficient (Wildman–Crippen LogP) is 3.16. The van der Waals surface area contributed by atoms with Crippen molar-refractivity contribution in [3.63, 3.8) is 0 Å². The molecule has 36 heavy (non-hydrogen) atoms. The standard InChI is InChI=1S/C27H29F2N3O4/c1-35-10-9-31-7-5-21(17-31)18-36-27(34)13-20-4-2-3-19(11-20)12-25-26(33)6-8-32(30-25)24-15-22(28)14-23(29)16-24/h2-4,6,8,11,14-16,21H,5,7,9-10,12-13,17-18H2,1H3. The van der Waals surface area contributed by atoms with Crippen molar-refractivity contribution >= 4 is 5.97 Å². The minimum Gasteiger partial charge on any atom is -0.465 e. The molecular weight excluding hydrogens is 468 g/mol. The molecule has 0 saturated carbocycles. The van der Waals surface area contributed by atoms with E-state index in [1.165, 1.54) is 16.9 Å². The Labute approximate surface area is 208 Å². The maximum Gasteiger partial charge on any atom is 0.310 e. The third-order valence-corrected chi connectivity index (χ3v) is 6.16. The van der Waals surface area contributed by atoms with Crippen LogP contribution < -0.4 is 5.43 Å². The second-order valence-corrected chi connectivity index (χ2v) is 9.00. The van der Waals surface area contributed by atoms with Crippen LogP contribution in [0.2, 0.25) is 0 Å². The topological polar surface area (TPSA) is 73.7 Å². The number of hydrogen-bond donors (Lipinski definition) is 0. The Hall–Kier alpha value is -3.43. The molecule has 0 radical (unpaired) electrons. The van der Waals surface area contributed by atoms with Crippen LogP contribution >= 0.6 is 0 Å². The molecule has 1 saturated heterocycles. The average Bonchev–Trinajstić information content (AvgIpc) is 3.30. The van der Waals surface area contributed by atoms with Gasteiger partial charge < -0.3 is 14.4 Å². The SMILES string of the molecule is COCCN1CCC(COC(=O)Cc2cccc(Cc3nn(-c4cc(F)cc(F)c4)ccc3=O)c2)C1. The molecule has 1 atom stereocenters. The van der Waals surface area contributed by atoms with Gasteiger partial charge in [-0.05, 0) is 36.2 Å². The molecular formula is C27H29F2N3O4. The Morgan fingerprint density at radius 1 is 1.11 bits per heavy atom. The molecule has 1 fully saturated rings. The highest BCUT2D eigenvalue weighted by atomic mass is 19.1. The molecule has 1 aromatic heterocycles. The lowest BCUT2D eigenvalue weighted by Gasteiger charge is -2.15. The van der Waals surface area contributed by atoms with E-state index in [0.717, 1.165) is 55.4 Å². The first-order valence-corrected chi connectivity index (χ1v) is 11.9. The summed E-state index contributed by atoms with van der Waals surface area (Å²) in [5.41, 5.74) is 1.67. The molecule has 9 heteroatoms. The Kier molecular flexibility index (Phi) is 8.56. The molecule has 7 nitrogen and oxygen atoms in total. The lowest BCUT2D eigenvalue weighted by molar-refractivity contribution is -0.144. The van der Waals surface area contributed by atoms with Crippen molar-refractivity contribution in [1.29, 1.82) is 0 Å². The van der Waals surface area contributed by atoms with Crippen LogP contribution in [0.15, 0.2) is 59.5 Å². The van der Waals surface area contributed by atoms with Crippen LogP contribution in [-0.2, 0) is 27.1 Å². The van der Waals surface area contributed by atoms with E-state index in [2.05, 4.69) is 10.00 Å². The van der Waals surface area contributed by atoms with Crippen LogP contribution in [0.5, 0.6) is 0 Å². The van der Waals surface area contributed by atoms with Crippen molar-refractivity contribution in [2.75, 3.05) is 40.0 Å². The average molecular weight is 498 g/mol. The summed E-state index contributed by atoms with van der Waals surface area (Å²) < 4.78 is 39.1. The van der Waals surface area contributed by atoms with Crippen LogP contribution in [0.1, 0.15) is 23.2 Å². The fourth-order valence-corrected chi connectivity index (χ4v) is 4.33. The van der Waals surface area contributed by atoms with E-state index in [9.17, 15) is 18.4 Å². The fraction of sp³-hybridized carbons (Fsp3) is 0.370. The smallest absolute Gasteiger partial charge is 0.310 e. The lowest BCUT2D eigenvalue weighted by atomic mass is 10.0. The van der Waals surface area contributed by atoms with E-state index in [0.29, 0.717) is 19.1 Å². The summed E-state index contributed by atoms with van der Waals surface area (Å²) in [5, 5.41) is 4.28. The predicted molar refractivity (Wildman–Crippen MR) is 130 cm³/mol. The van der Waals surface area contributed by atoms with Crippen molar-refractivity contribution in [2.24, 2.45) is 5.92 Å². The number of carbonyl (C=O) groups is 1. The minimum atomic E-state index is -0.733. The van der Waals surface area contributed by atoms with E-state index in [-0.39, 0.29) is 35.6 Å². The first-order valence-electron chi connectivity index (χ1n) is 11.9. The molecule has 2 heterocycles. The number of rotatable bonds is 10. The molecule has 1 unspecified atom stereocenters. The number of nitrogens with zero attached hydrogens (tertiary/aromatic N) is 3. The van der Waals surface area contributed by atoms with Gasteiger partial charge in [0.1, 0.15) is 17.3 Å². The molecule has 4 rings (SSSR count). The molecule has 1 aliphatic rings. The van der Waals surface area contributed by atoms with Crippen LogP contribution in [0.4, 0.5) is 8.78 Å². The lowest BCUT2D eigenvalue weighted by Crippen LogP contribution is -2.26. The van der Waals surface area contributed by atoms with Crippen molar-refractivity contribution in [1.82, 2.24) is 14.7 Å². The van der Waals surface area contributed by atoms with Gasteiger partial charge in [-0.15, -0.1) is 0 Å². The minimum absolute atomic E-state index is 0.128. The molecule has 1 aliphatic heterocycles. The maximum absolute atomic E-state index is 13.6. The number of carbonyl (C=O) groups excluding carboxylic acids is 1. The second-order valence-electron chi connectivity index (χ2n) is 9.00. The summed E-state index contributed by atoms with van der Waals surface area (Å²) in [6, 6.07) is 11.7. The van der Waals surface area contributed by atoms with Crippen molar-refractivity contribution in [3.05, 3.63) is 93.4 Å². The van der Waals surface area contributed by atoms with E-state index in [1.807, 2.05) is 24.3 Å². The number of halogens is 2. The number of hydrogen-bond acceptors (Lipinski definition) is 6. The van der Waals surface area contributed by atoms with Crippen LogP contribution in [0.25, 0.3) is 5.69 Å². The molecule has 0 bridgehead atoms. The van der Waals surface area contributed by atoms with Crippen LogP contribution in [0, 0.1) is 17.6 Å². The number of likely N-dealkylation sites (tertiary alicyclic amines) is 1. The summed E-state index contributed by atoms with van der Waals surface area (Å²) in [6.07, 6.45) is 2.70. The summed E-state index contributed by atoms with van der Waals surface area (Å²) in [5.74, 6) is -1.43. The number of esters is 1. The summed E-state index contributed by atoms with van der Waals surface area (Å²) in [4.78, 5) is 27.1. The van der Waals surface area contributed by atoms with Crippen molar-refractivity contribution in [2.45, 2.75) is 19.3 Å². The van der Waals surface area contributed by atoms with Gasteiger partial charge in [0.05, 0.1) is 25.3 Å². The first kappa shape index (κ1) is 25.7. The Bertz CT molecular complexity index is 1240. The van der Waals surface area contributed by atoms with Gasteiger partial charge in [-0.2, -0.15) is 5.10 Å². The molecule has 0 spiro atoms. The van der Waals surface area contributed by atoms with E-state index >= 15 is 0 Å². The largest absolute Gasteiger partial charge is 0.465 e. The fourth-order valence-electron chi connectivity index (χ4n) is 4.33. The number of aromatic nitrogens is 2. The van der Waals surface area contributed by atoms with Crippen molar-refractivity contribution < 1.29 is 23.0 Å². The van der Waals surface area contributed by atoms with E-state index < -0.39 is 11.6 Å². The quantitative estimate of drug-likeness (QED) is 0.401. The summed E-state index contributed by atoms with van der Waals surface area (Å²) in [6.45, 7) is 3.86. The zero-order chi connectivity index (χ0) is 25.5. The van der Waals surface area contributed by atoms with Gasteiger partial charge in [-0.3, -0.25) is 9.59 Å². The zero-order valence-corrected chi connectivity index (χ0v) is 20.2. The third-order valence-electron chi connectivity index (χ3n) is 6.16. The van der Waals surface area contributed by atoms with Gasteiger partial charge in [0, 0.05) is 50.9 Å². The van der Waals surface area contributed by atoms with Gasteiger partial charge in [-0.25, -0.2) is 13.5 Å². The molecule has 190 valence electrons. The molecule has 3 aromatic rings. The van der Waals surface area contributed by atoms with Crippen molar-refractivity contribution in [3.8, 4) is 5.69 Å². The third kappa shape index (κ3) is 7.05. The highest BCUT2D eigenvalue weighted by molar-refractivity contribution is 5.72. The van der Waals surface area contributed by atoms with Gasteiger partial charge in [0.2, 0.25) is 5.43 Å². The highest BCUT2D eigenvalue weighted by Gasteiger charge is 2.23. The molecule has 0 aliphatic carbocycles.